The molecule has 118 valence electrons. The molecule has 1 heterocycles. The molecule has 0 bridgehead atoms. The Kier molecular flexibility index (Phi) is 2.99. The van der Waals surface area contributed by atoms with Crippen LogP contribution in [0, 0.1) is 0 Å². The first kappa shape index (κ1) is 14.3. The molecule has 2 nitrogen and oxygen atoms in total. The smallest absolute Gasteiger partial charge is 0.195 e. The van der Waals surface area contributed by atoms with Gasteiger partial charge in [-0.25, -0.2) is 0 Å². The third-order valence-corrected chi connectivity index (χ3v) is 5.79. The van der Waals surface area contributed by atoms with Crippen molar-refractivity contribution in [1.29, 1.82) is 0 Å². The largest absolute Gasteiger partial charge is 0.289 e. The molecule has 0 atom stereocenters. The molecule has 0 radical (unpaired) electrons. The van der Waals surface area contributed by atoms with Gasteiger partial charge in [0.1, 0.15) is 0 Å². The minimum Gasteiger partial charge on any atom is -0.289 e. The first-order valence-electron chi connectivity index (χ1n) is 8.04. The minimum atomic E-state index is -0.0758. The second kappa shape index (κ2) is 5.23. The molecule has 0 N–H and O–H groups in total. The minimum absolute atomic E-state index is 0.0711. The van der Waals surface area contributed by atoms with E-state index in [0.29, 0.717) is 22.3 Å². The van der Waals surface area contributed by atoms with E-state index >= 15 is 0 Å². The van der Waals surface area contributed by atoms with E-state index in [9.17, 15) is 9.59 Å². The van der Waals surface area contributed by atoms with Crippen LogP contribution in [0.15, 0.2) is 72.8 Å². The molecular formula is C22H12O2S. The zero-order chi connectivity index (χ0) is 17.0. The van der Waals surface area contributed by atoms with Crippen LogP contribution in [-0.4, -0.2) is 11.6 Å². The molecule has 1 aliphatic carbocycles. The van der Waals surface area contributed by atoms with Gasteiger partial charge in [0.15, 0.2) is 11.6 Å². The van der Waals surface area contributed by atoms with Crippen molar-refractivity contribution in [3.05, 3.63) is 95.1 Å². The predicted octanol–water partition coefficient (Wildman–Crippen LogP) is 5.34. The fourth-order valence-electron chi connectivity index (χ4n) is 3.46. The first-order valence-corrected chi connectivity index (χ1v) is 8.86. The molecule has 3 heteroatoms. The number of benzene rings is 3. The Balaban J connectivity index is 1.79. The van der Waals surface area contributed by atoms with E-state index in [1.807, 2.05) is 24.3 Å². The molecule has 1 aromatic heterocycles. The van der Waals surface area contributed by atoms with Crippen molar-refractivity contribution in [2.24, 2.45) is 0 Å². The Bertz CT molecular complexity index is 1150. The zero-order valence-corrected chi connectivity index (χ0v) is 14.0. The third-order valence-electron chi connectivity index (χ3n) is 4.64. The van der Waals surface area contributed by atoms with E-state index in [2.05, 4.69) is 18.2 Å². The lowest BCUT2D eigenvalue weighted by Crippen LogP contribution is -2.21. The van der Waals surface area contributed by atoms with E-state index in [0.717, 1.165) is 15.8 Å². The van der Waals surface area contributed by atoms with Crippen LogP contribution in [0.3, 0.4) is 0 Å². The van der Waals surface area contributed by atoms with E-state index in [-0.39, 0.29) is 11.6 Å². The van der Waals surface area contributed by atoms with Gasteiger partial charge in [0.2, 0.25) is 0 Å². The van der Waals surface area contributed by atoms with Gasteiger partial charge in [0, 0.05) is 37.4 Å². The maximum atomic E-state index is 13.1. The molecular weight excluding hydrogens is 328 g/mol. The highest BCUT2D eigenvalue weighted by molar-refractivity contribution is 7.22. The highest BCUT2D eigenvalue weighted by Crippen LogP contribution is 2.39. The Labute approximate surface area is 148 Å². The maximum absolute atomic E-state index is 13.1. The number of hydrogen-bond donors (Lipinski definition) is 0. The molecule has 5 rings (SSSR count). The summed E-state index contributed by atoms with van der Waals surface area (Å²) in [6.07, 6.45) is 0. The summed E-state index contributed by atoms with van der Waals surface area (Å²) in [5.74, 6) is -0.147. The number of ketones is 2. The average molecular weight is 340 g/mol. The quantitative estimate of drug-likeness (QED) is 0.412. The fraction of sp³-hybridized carbons (Fsp3) is 0. The van der Waals surface area contributed by atoms with E-state index in [1.54, 1.807) is 41.7 Å². The molecule has 4 aromatic rings. The summed E-state index contributed by atoms with van der Waals surface area (Å²) in [6, 6.07) is 22.8. The lowest BCUT2D eigenvalue weighted by atomic mass is 9.81. The van der Waals surface area contributed by atoms with Gasteiger partial charge in [-0.15, -0.1) is 11.3 Å². The van der Waals surface area contributed by atoms with Crippen molar-refractivity contribution < 1.29 is 9.59 Å². The molecule has 0 amide bonds. The van der Waals surface area contributed by atoms with Crippen LogP contribution in [0.1, 0.15) is 31.8 Å². The van der Waals surface area contributed by atoms with Crippen molar-refractivity contribution in [1.82, 2.24) is 0 Å². The number of rotatable bonds is 1. The van der Waals surface area contributed by atoms with Crippen molar-refractivity contribution in [2.75, 3.05) is 0 Å². The number of fused-ring (bicyclic) bond motifs is 3. The van der Waals surface area contributed by atoms with E-state index in [4.69, 9.17) is 0 Å². The molecule has 0 saturated heterocycles. The lowest BCUT2D eigenvalue weighted by molar-refractivity contribution is 0.0979. The molecule has 25 heavy (non-hydrogen) atoms. The van der Waals surface area contributed by atoms with Gasteiger partial charge in [0.05, 0.1) is 0 Å². The zero-order valence-electron chi connectivity index (χ0n) is 13.2. The molecule has 1 aliphatic rings. The standard InChI is InChI=1S/C22H12O2S/c23-21-14-7-2-3-8-15(14)22(24)20-16(9-5-10-17(20)21)19-12-13-6-1-4-11-18(13)25-19/h1-12H. The Hall–Kier alpha value is -3.04. The van der Waals surface area contributed by atoms with E-state index < -0.39 is 0 Å². The third kappa shape index (κ3) is 2.03. The van der Waals surface area contributed by atoms with E-state index in [1.165, 1.54) is 4.70 Å². The Morgan fingerprint density at radius 1 is 0.600 bits per heavy atom. The maximum Gasteiger partial charge on any atom is 0.195 e. The van der Waals surface area contributed by atoms with Gasteiger partial charge in [-0.2, -0.15) is 0 Å². The molecule has 0 fully saturated rings. The Morgan fingerprint density at radius 3 is 2.04 bits per heavy atom. The van der Waals surface area contributed by atoms with Crippen molar-refractivity contribution in [3.63, 3.8) is 0 Å². The fourth-order valence-corrected chi connectivity index (χ4v) is 4.56. The monoisotopic (exact) mass is 340 g/mol. The van der Waals surface area contributed by atoms with Crippen LogP contribution in [-0.2, 0) is 0 Å². The summed E-state index contributed by atoms with van der Waals surface area (Å²) in [5, 5.41) is 1.15. The normalized spacial score (nSPS) is 13.0. The van der Waals surface area contributed by atoms with Crippen LogP contribution in [0.25, 0.3) is 20.5 Å². The second-order valence-corrected chi connectivity index (χ2v) is 7.16. The van der Waals surface area contributed by atoms with Crippen LogP contribution >= 0.6 is 11.3 Å². The average Bonchev–Trinajstić information content (AvgIpc) is 3.09. The SMILES string of the molecule is O=C1c2ccccc2C(=O)c2c1cccc2-c1cc2ccccc2s1. The number of thiophene rings is 1. The Morgan fingerprint density at radius 2 is 1.24 bits per heavy atom. The number of carbonyl (C=O) groups excluding carboxylic acids is 2. The summed E-state index contributed by atoms with van der Waals surface area (Å²) in [7, 11) is 0. The summed E-state index contributed by atoms with van der Waals surface area (Å²) in [5.41, 5.74) is 2.85. The van der Waals surface area contributed by atoms with Gasteiger partial charge in [-0.1, -0.05) is 60.7 Å². The van der Waals surface area contributed by atoms with Gasteiger partial charge >= 0.3 is 0 Å². The van der Waals surface area contributed by atoms with Gasteiger partial charge in [-0.05, 0) is 17.5 Å². The van der Waals surface area contributed by atoms with Gasteiger partial charge in [-0.3, -0.25) is 9.59 Å². The van der Waals surface area contributed by atoms with Crippen molar-refractivity contribution in [2.45, 2.75) is 0 Å². The number of carbonyl (C=O) groups is 2. The summed E-state index contributed by atoms with van der Waals surface area (Å²) >= 11 is 1.64. The second-order valence-electron chi connectivity index (χ2n) is 6.08. The highest BCUT2D eigenvalue weighted by Gasteiger charge is 2.31. The highest BCUT2D eigenvalue weighted by atomic mass is 32.1. The van der Waals surface area contributed by atoms with Crippen LogP contribution in [0.4, 0.5) is 0 Å². The summed E-state index contributed by atoms with van der Waals surface area (Å²) in [4.78, 5) is 27.0. The van der Waals surface area contributed by atoms with Crippen molar-refractivity contribution in [3.8, 4) is 10.4 Å². The summed E-state index contributed by atoms with van der Waals surface area (Å²) < 4.78 is 1.17. The first-order chi connectivity index (χ1) is 12.2. The van der Waals surface area contributed by atoms with Gasteiger partial charge in [0.25, 0.3) is 0 Å². The van der Waals surface area contributed by atoms with Crippen LogP contribution < -0.4 is 0 Å². The molecule has 0 aliphatic heterocycles. The molecule has 0 unspecified atom stereocenters. The van der Waals surface area contributed by atoms with Crippen molar-refractivity contribution >= 4 is 33.0 Å². The number of hydrogen-bond acceptors (Lipinski definition) is 3. The molecule has 3 aromatic carbocycles. The molecule has 0 spiro atoms. The topological polar surface area (TPSA) is 34.1 Å². The summed E-state index contributed by atoms with van der Waals surface area (Å²) in [6.45, 7) is 0. The van der Waals surface area contributed by atoms with Gasteiger partial charge < -0.3 is 0 Å². The van der Waals surface area contributed by atoms with Crippen LogP contribution in [0.5, 0.6) is 0 Å². The van der Waals surface area contributed by atoms with Crippen LogP contribution in [0.2, 0.25) is 0 Å². The molecule has 0 saturated carbocycles. The predicted molar refractivity (Wildman–Crippen MR) is 101 cm³/mol. The lowest BCUT2D eigenvalue weighted by Gasteiger charge is -2.19.